The summed E-state index contributed by atoms with van der Waals surface area (Å²) < 4.78 is 62.9. The van der Waals surface area contributed by atoms with Crippen LogP contribution in [-0.2, 0) is 20.0 Å². The van der Waals surface area contributed by atoms with E-state index in [1.807, 2.05) is 0 Å². The second-order valence-corrected chi connectivity index (χ2v) is 6.46. The standard InChI is InChI=1S/C15H13F2NO4S/c1-21-14-4-2-10(3-5-14)15(9-22-23(19,20)18-15)11-6-12(16)8-13(17)7-11/h2-8,18H,9H2,1H3/t15-/m1/s1. The first-order valence-corrected chi connectivity index (χ1v) is 8.05. The third-order valence-electron chi connectivity index (χ3n) is 3.67. The number of nitrogens with one attached hydrogen (secondary N) is 1. The zero-order valence-electron chi connectivity index (χ0n) is 12.0. The smallest absolute Gasteiger partial charge is 0.337 e. The van der Waals surface area contributed by atoms with Gasteiger partial charge in [-0.2, -0.15) is 13.1 Å². The zero-order chi connectivity index (χ0) is 16.7. The van der Waals surface area contributed by atoms with E-state index in [4.69, 9.17) is 8.92 Å². The average molecular weight is 341 g/mol. The lowest BCUT2D eigenvalue weighted by atomic mass is 9.84. The third kappa shape index (κ3) is 2.92. The van der Waals surface area contributed by atoms with Gasteiger partial charge < -0.3 is 4.74 Å². The number of methoxy groups -OCH3 is 1. The second-order valence-electron chi connectivity index (χ2n) is 5.11. The second kappa shape index (κ2) is 5.55. The SMILES string of the molecule is COc1ccc([C@@]2(c3cc(F)cc(F)c3)COS(=O)(=O)N2)cc1. The summed E-state index contributed by atoms with van der Waals surface area (Å²) in [5, 5.41) is 0. The third-order valence-corrected chi connectivity index (χ3v) is 4.69. The molecule has 0 saturated carbocycles. The molecule has 2 aromatic carbocycles. The fraction of sp³-hybridized carbons (Fsp3) is 0.200. The quantitative estimate of drug-likeness (QED) is 0.928. The molecule has 122 valence electrons. The molecule has 0 aliphatic carbocycles. The van der Waals surface area contributed by atoms with E-state index in [1.165, 1.54) is 7.11 Å². The highest BCUT2D eigenvalue weighted by atomic mass is 32.2. The number of benzene rings is 2. The van der Waals surface area contributed by atoms with Crippen molar-refractivity contribution in [2.24, 2.45) is 0 Å². The molecule has 1 aliphatic heterocycles. The number of hydrogen-bond donors (Lipinski definition) is 1. The Morgan fingerprint density at radius 1 is 1.09 bits per heavy atom. The average Bonchev–Trinajstić information content (AvgIpc) is 2.84. The highest BCUT2D eigenvalue weighted by Gasteiger charge is 2.46. The van der Waals surface area contributed by atoms with Gasteiger partial charge in [-0.3, -0.25) is 4.18 Å². The Morgan fingerprint density at radius 3 is 2.17 bits per heavy atom. The molecule has 1 heterocycles. The summed E-state index contributed by atoms with van der Waals surface area (Å²) in [6.45, 7) is -0.315. The van der Waals surface area contributed by atoms with Crippen LogP contribution in [0.2, 0.25) is 0 Å². The molecule has 1 atom stereocenters. The Balaban J connectivity index is 2.18. The fourth-order valence-electron chi connectivity index (χ4n) is 2.57. The van der Waals surface area contributed by atoms with E-state index in [2.05, 4.69) is 4.72 Å². The lowest BCUT2D eigenvalue weighted by Gasteiger charge is -2.27. The van der Waals surface area contributed by atoms with Crippen molar-refractivity contribution in [1.29, 1.82) is 0 Å². The molecule has 23 heavy (non-hydrogen) atoms. The van der Waals surface area contributed by atoms with Crippen molar-refractivity contribution in [2.75, 3.05) is 13.7 Å². The molecule has 0 amide bonds. The van der Waals surface area contributed by atoms with Crippen LogP contribution in [0.4, 0.5) is 8.78 Å². The maximum atomic E-state index is 13.6. The summed E-state index contributed by atoms with van der Waals surface area (Å²) in [6.07, 6.45) is 0. The molecule has 0 radical (unpaired) electrons. The first-order valence-electron chi connectivity index (χ1n) is 6.64. The van der Waals surface area contributed by atoms with Crippen LogP contribution >= 0.6 is 0 Å². The summed E-state index contributed by atoms with van der Waals surface area (Å²) in [6, 6.07) is 9.33. The Hall–Kier alpha value is -2.03. The molecule has 1 fully saturated rings. The van der Waals surface area contributed by atoms with E-state index in [0.29, 0.717) is 11.3 Å². The van der Waals surface area contributed by atoms with E-state index in [0.717, 1.165) is 18.2 Å². The monoisotopic (exact) mass is 341 g/mol. The number of halogens is 2. The minimum Gasteiger partial charge on any atom is -0.497 e. The van der Waals surface area contributed by atoms with Gasteiger partial charge in [0, 0.05) is 6.07 Å². The van der Waals surface area contributed by atoms with E-state index in [-0.39, 0.29) is 12.2 Å². The number of ether oxygens (including phenoxy) is 1. The molecule has 2 aromatic rings. The predicted molar refractivity (Wildman–Crippen MR) is 78.1 cm³/mol. The molecule has 5 nitrogen and oxygen atoms in total. The molecule has 0 aromatic heterocycles. The van der Waals surface area contributed by atoms with Gasteiger partial charge in [-0.25, -0.2) is 8.78 Å². The topological polar surface area (TPSA) is 64.6 Å². The Labute approximate surface area is 132 Å². The van der Waals surface area contributed by atoms with Gasteiger partial charge in [0.15, 0.2) is 0 Å². The largest absolute Gasteiger partial charge is 0.497 e. The van der Waals surface area contributed by atoms with Crippen molar-refractivity contribution in [3.8, 4) is 5.75 Å². The van der Waals surface area contributed by atoms with Gasteiger partial charge in [0.05, 0.1) is 13.7 Å². The zero-order valence-corrected chi connectivity index (χ0v) is 12.9. The van der Waals surface area contributed by atoms with E-state index < -0.39 is 27.5 Å². The lowest BCUT2D eigenvalue weighted by Crippen LogP contribution is -2.42. The van der Waals surface area contributed by atoms with Crippen LogP contribution in [0.25, 0.3) is 0 Å². The minimum atomic E-state index is -4.02. The van der Waals surface area contributed by atoms with Gasteiger partial charge in [0.25, 0.3) is 0 Å². The van der Waals surface area contributed by atoms with Gasteiger partial charge >= 0.3 is 10.3 Å². The van der Waals surface area contributed by atoms with Gasteiger partial charge in [0.2, 0.25) is 0 Å². The van der Waals surface area contributed by atoms with Crippen LogP contribution in [0.15, 0.2) is 42.5 Å². The molecule has 1 saturated heterocycles. The van der Waals surface area contributed by atoms with Gasteiger partial charge in [0.1, 0.15) is 22.9 Å². The number of hydrogen-bond acceptors (Lipinski definition) is 4. The first-order chi connectivity index (χ1) is 10.8. The summed E-state index contributed by atoms with van der Waals surface area (Å²) in [5.74, 6) is -1.05. The van der Waals surface area contributed by atoms with Crippen LogP contribution in [0, 0.1) is 11.6 Å². The van der Waals surface area contributed by atoms with Crippen LogP contribution in [0.5, 0.6) is 5.75 Å². The van der Waals surface area contributed by atoms with Crippen molar-refractivity contribution in [1.82, 2.24) is 4.72 Å². The molecule has 1 N–H and O–H groups in total. The molecule has 0 spiro atoms. The predicted octanol–water partition coefficient (Wildman–Crippen LogP) is 2.08. The van der Waals surface area contributed by atoms with Crippen molar-refractivity contribution >= 4 is 10.3 Å². The summed E-state index contributed by atoms with van der Waals surface area (Å²) in [7, 11) is -2.52. The van der Waals surface area contributed by atoms with Crippen LogP contribution < -0.4 is 9.46 Å². The highest BCUT2D eigenvalue weighted by molar-refractivity contribution is 7.85. The normalized spacial score (nSPS) is 22.9. The molecular weight excluding hydrogens is 328 g/mol. The molecule has 0 unspecified atom stereocenters. The first kappa shape index (κ1) is 15.9. The van der Waals surface area contributed by atoms with Gasteiger partial charge in [-0.15, -0.1) is 0 Å². The van der Waals surface area contributed by atoms with Gasteiger partial charge in [-0.05, 0) is 35.4 Å². The molecular formula is C15H13F2NO4S. The Morgan fingerprint density at radius 2 is 1.70 bits per heavy atom. The Kier molecular flexibility index (Phi) is 3.83. The van der Waals surface area contributed by atoms with E-state index in [1.54, 1.807) is 24.3 Å². The molecule has 8 heteroatoms. The van der Waals surface area contributed by atoms with Crippen LogP contribution in [-0.4, -0.2) is 22.1 Å². The highest BCUT2D eigenvalue weighted by Crippen LogP contribution is 2.36. The van der Waals surface area contributed by atoms with Crippen molar-refractivity contribution in [2.45, 2.75) is 5.54 Å². The summed E-state index contributed by atoms with van der Waals surface area (Å²) in [4.78, 5) is 0. The number of rotatable bonds is 3. The maximum absolute atomic E-state index is 13.6. The summed E-state index contributed by atoms with van der Waals surface area (Å²) >= 11 is 0. The maximum Gasteiger partial charge on any atom is 0.337 e. The van der Waals surface area contributed by atoms with Crippen molar-refractivity contribution in [3.63, 3.8) is 0 Å². The molecule has 0 bridgehead atoms. The van der Waals surface area contributed by atoms with Crippen molar-refractivity contribution < 1.29 is 26.1 Å². The van der Waals surface area contributed by atoms with E-state index >= 15 is 0 Å². The van der Waals surface area contributed by atoms with E-state index in [9.17, 15) is 17.2 Å². The minimum absolute atomic E-state index is 0.112. The van der Waals surface area contributed by atoms with Crippen LogP contribution in [0.3, 0.4) is 0 Å². The Bertz CT molecular complexity index is 819. The van der Waals surface area contributed by atoms with Crippen LogP contribution in [0.1, 0.15) is 11.1 Å². The summed E-state index contributed by atoms with van der Waals surface area (Å²) in [5.41, 5.74) is -0.820. The van der Waals surface area contributed by atoms with Gasteiger partial charge in [-0.1, -0.05) is 12.1 Å². The fourth-order valence-corrected chi connectivity index (χ4v) is 3.68. The molecule has 3 rings (SSSR count). The lowest BCUT2D eigenvalue weighted by molar-refractivity contribution is 0.299. The van der Waals surface area contributed by atoms with Crippen molar-refractivity contribution in [3.05, 3.63) is 65.2 Å². The molecule has 1 aliphatic rings.